The molecule has 1 aliphatic rings. The van der Waals surface area contributed by atoms with Gasteiger partial charge < -0.3 is 15.5 Å². The lowest BCUT2D eigenvalue weighted by molar-refractivity contribution is -0.138. The molecule has 1 atom stereocenters. The highest BCUT2D eigenvalue weighted by Gasteiger charge is 2.31. The summed E-state index contributed by atoms with van der Waals surface area (Å²) < 4.78 is 37.6. The first kappa shape index (κ1) is 18.9. The third-order valence-electron chi connectivity index (χ3n) is 3.68. The molecule has 4 nitrogen and oxygen atoms in total. The predicted octanol–water partition coefficient (Wildman–Crippen LogP) is 2.81. The van der Waals surface area contributed by atoms with E-state index in [1.807, 2.05) is 4.90 Å². The number of phenols is 2. The number of piperazine rings is 1. The second-order valence-electron chi connectivity index (χ2n) is 5.20. The Morgan fingerprint density at radius 1 is 1.14 bits per heavy atom. The average Bonchev–Trinajstić information content (AvgIpc) is 2.43. The van der Waals surface area contributed by atoms with Crippen molar-refractivity contribution in [1.29, 1.82) is 0 Å². The van der Waals surface area contributed by atoms with Crippen LogP contribution in [0.1, 0.15) is 24.4 Å². The van der Waals surface area contributed by atoms with Crippen LogP contribution < -0.4 is 5.32 Å². The van der Waals surface area contributed by atoms with E-state index in [0.717, 1.165) is 13.1 Å². The van der Waals surface area contributed by atoms with E-state index in [0.29, 0.717) is 18.7 Å². The number of nitrogens with one attached hydrogen (secondary N) is 1. The molecular formula is C14H20ClF3N2O2. The first-order valence-corrected chi connectivity index (χ1v) is 6.90. The van der Waals surface area contributed by atoms with Gasteiger partial charge in [0.05, 0.1) is 0 Å². The molecule has 1 aliphatic heterocycles. The zero-order valence-electron chi connectivity index (χ0n) is 11.9. The van der Waals surface area contributed by atoms with E-state index in [9.17, 15) is 23.4 Å². The molecule has 0 bridgehead atoms. The monoisotopic (exact) mass is 340 g/mol. The van der Waals surface area contributed by atoms with Crippen molar-refractivity contribution in [3.8, 4) is 11.5 Å². The molecule has 8 heteroatoms. The van der Waals surface area contributed by atoms with E-state index in [2.05, 4.69) is 5.32 Å². The van der Waals surface area contributed by atoms with Gasteiger partial charge in [0.15, 0.2) is 11.5 Å². The Morgan fingerprint density at radius 2 is 1.77 bits per heavy atom. The van der Waals surface area contributed by atoms with E-state index in [1.165, 1.54) is 12.1 Å². The number of aromatic hydroxyl groups is 2. The van der Waals surface area contributed by atoms with Crippen LogP contribution in [-0.2, 0) is 0 Å². The van der Waals surface area contributed by atoms with Crippen LogP contribution >= 0.6 is 12.4 Å². The number of halogens is 4. The fourth-order valence-electron chi connectivity index (χ4n) is 2.60. The molecule has 0 aromatic heterocycles. The lowest BCUT2D eigenvalue weighted by atomic mass is 9.98. The summed E-state index contributed by atoms with van der Waals surface area (Å²) in [6.07, 6.45) is -5.14. The topological polar surface area (TPSA) is 55.7 Å². The Labute approximate surface area is 133 Å². The highest BCUT2D eigenvalue weighted by Crippen LogP contribution is 2.35. The van der Waals surface area contributed by atoms with Crippen LogP contribution in [0.2, 0.25) is 0 Å². The maximum Gasteiger partial charge on any atom is 0.389 e. The highest BCUT2D eigenvalue weighted by molar-refractivity contribution is 5.85. The fraction of sp³-hybridized carbons (Fsp3) is 0.571. The van der Waals surface area contributed by atoms with E-state index < -0.39 is 18.6 Å². The van der Waals surface area contributed by atoms with Crippen molar-refractivity contribution in [3.05, 3.63) is 23.8 Å². The molecule has 0 spiro atoms. The molecule has 1 aromatic rings. The van der Waals surface area contributed by atoms with E-state index in [-0.39, 0.29) is 30.3 Å². The van der Waals surface area contributed by atoms with E-state index in [4.69, 9.17) is 0 Å². The Balaban J connectivity index is 0.00000242. The SMILES string of the molecule is Cl.Oc1ccc([C@H](CCC(F)(F)F)N2CCNCC2)cc1O. The normalized spacial score (nSPS) is 17.8. The van der Waals surface area contributed by atoms with Gasteiger partial charge in [-0.2, -0.15) is 13.2 Å². The number of phenolic OH excluding ortho intramolecular Hbond substituents is 2. The van der Waals surface area contributed by atoms with Crippen molar-refractivity contribution in [2.24, 2.45) is 0 Å². The summed E-state index contributed by atoms with van der Waals surface area (Å²) in [5.74, 6) is -0.576. The summed E-state index contributed by atoms with van der Waals surface area (Å²) in [4.78, 5) is 1.98. The summed E-state index contributed by atoms with van der Waals surface area (Å²) in [5.41, 5.74) is 0.594. The van der Waals surface area contributed by atoms with Crippen LogP contribution in [0.5, 0.6) is 11.5 Å². The lowest BCUT2D eigenvalue weighted by Crippen LogP contribution is -2.45. The number of hydrogen-bond acceptors (Lipinski definition) is 4. The number of benzene rings is 1. The molecule has 0 aliphatic carbocycles. The standard InChI is InChI=1S/C14H19F3N2O2.ClH/c15-14(16,17)4-3-11(19-7-5-18-6-8-19)10-1-2-12(20)13(21)9-10;/h1-2,9,11,18,20-21H,3-8H2;1H/t11-;/m0./s1. The molecule has 3 N–H and O–H groups in total. The van der Waals surface area contributed by atoms with Crippen molar-refractivity contribution < 1.29 is 23.4 Å². The van der Waals surface area contributed by atoms with Crippen molar-refractivity contribution >= 4 is 12.4 Å². The van der Waals surface area contributed by atoms with Crippen molar-refractivity contribution in [2.75, 3.05) is 26.2 Å². The van der Waals surface area contributed by atoms with Gasteiger partial charge in [0.25, 0.3) is 0 Å². The van der Waals surface area contributed by atoms with Gasteiger partial charge in [-0.15, -0.1) is 12.4 Å². The summed E-state index contributed by atoms with van der Waals surface area (Å²) in [7, 11) is 0. The zero-order chi connectivity index (χ0) is 15.5. The Hall–Kier alpha value is -1.18. The first-order chi connectivity index (χ1) is 9.87. The van der Waals surface area contributed by atoms with Gasteiger partial charge in [-0.05, 0) is 24.1 Å². The lowest BCUT2D eigenvalue weighted by Gasteiger charge is -2.35. The minimum absolute atomic E-state index is 0. The molecule has 0 unspecified atom stereocenters. The second-order valence-corrected chi connectivity index (χ2v) is 5.20. The molecule has 22 heavy (non-hydrogen) atoms. The van der Waals surface area contributed by atoms with Gasteiger partial charge in [-0.1, -0.05) is 6.07 Å². The van der Waals surface area contributed by atoms with Crippen LogP contribution in [0.4, 0.5) is 13.2 Å². The number of alkyl halides is 3. The maximum absolute atomic E-state index is 12.5. The molecular weight excluding hydrogens is 321 g/mol. The Morgan fingerprint density at radius 3 is 2.32 bits per heavy atom. The molecule has 126 valence electrons. The number of hydrogen-bond donors (Lipinski definition) is 3. The van der Waals surface area contributed by atoms with E-state index in [1.54, 1.807) is 6.07 Å². The average molecular weight is 341 g/mol. The van der Waals surface area contributed by atoms with Gasteiger partial charge in [-0.25, -0.2) is 0 Å². The zero-order valence-corrected chi connectivity index (χ0v) is 12.8. The second kappa shape index (κ2) is 7.89. The largest absolute Gasteiger partial charge is 0.504 e. The smallest absolute Gasteiger partial charge is 0.389 e. The fourth-order valence-corrected chi connectivity index (χ4v) is 2.60. The number of nitrogens with zero attached hydrogens (tertiary/aromatic N) is 1. The van der Waals surface area contributed by atoms with Crippen molar-refractivity contribution in [3.63, 3.8) is 0 Å². The van der Waals surface area contributed by atoms with Gasteiger partial charge in [0, 0.05) is 38.6 Å². The summed E-state index contributed by atoms with van der Waals surface area (Å²) in [5, 5.41) is 22.1. The minimum atomic E-state index is -4.20. The summed E-state index contributed by atoms with van der Waals surface area (Å²) in [6, 6.07) is 3.81. The predicted molar refractivity (Wildman–Crippen MR) is 79.5 cm³/mol. The molecule has 1 heterocycles. The van der Waals surface area contributed by atoms with Crippen LogP contribution in [0.3, 0.4) is 0 Å². The Kier molecular flexibility index (Phi) is 6.77. The third-order valence-corrected chi connectivity index (χ3v) is 3.68. The quantitative estimate of drug-likeness (QED) is 0.738. The molecule has 0 radical (unpaired) electrons. The summed E-state index contributed by atoms with van der Waals surface area (Å²) >= 11 is 0. The van der Waals surface area contributed by atoms with Gasteiger partial charge in [0.1, 0.15) is 0 Å². The van der Waals surface area contributed by atoms with Crippen LogP contribution in [0, 0.1) is 0 Å². The first-order valence-electron chi connectivity index (χ1n) is 6.90. The highest BCUT2D eigenvalue weighted by atomic mass is 35.5. The minimum Gasteiger partial charge on any atom is -0.504 e. The van der Waals surface area contributed by atoms with Gasteiger partial charge in [-0.3, -0.25) is 4.90 Å². The van der Waals surface area contributed by atoms with Gasteiger partial charge >= 0.3 is 6.18 Å². The van der Waals surface area contributed by atoms with Crippen LogP contribution in [0.15, 0.2) is 18.2 Å². The van der Waals surface area contributed by atoms with Crippen molar-refractivity contribution in [2.45, 2.75) is 25.1 Å². The Bertz CT molecular complexity index is 480. The van der Waals surface area contributed by atoms with Crippen LogP contribution in [-0.4, -0.2) is 47.5 Å². The van der Waals surface area contributed by atoms with E-state index >= 15 is 0 Å². The molecule has 0 saturated carbocycles. The molecule has 2 rings (SSSR count). The number of rotatable bonds is 4. The van der Waals surface area contributed by atoms with Crippen LogP contribution in [0.25, 0.3) is 0 Å². The molecule has 1 aromatic carbocycles. The molecule has 1 fully saturated rings. The summed E-state index contributed by atoms with van der Waals surface area (Å²) in [6.45, 7) is 2.77. The van der Waals surface area contributed by atoms with Gasteiger partial charge in [0.2, 0.25) is 0 Å². The molecule has 1 saturated heterocycles. The molecule has 0 amide bonds. The third kappa shape index (κ3) is 5.23. The van der Waals surface area contributed by atoms with Crippen molar-refractivity contribution in [1.82, 2.24) is 10.2 Å². The maximum atomic E-state index is 12.5.